The van der Waals surface area contributed by atoms with Crippen molar-refractivity contribution in [2.45, 2.75) is 45.4 Å². The molecule has 0 unspecified atom stereocenters. The molecule has 0 radical (unpaired) electrons. The second kappa shape index (κ2) is 4.47. The lowest BCUT2D eigenvalue weighted by Crippen LogP contribution is -2.18. The van der Waals surface area contributed by atoms with E-state index in [2.05, 4.69) is 89.2 Å². The Kier molecular flexibility index (Phi) is 2.82. The van der Waals surface area contributed by atoms with Gasteiger partial charge in [-0.15, -0.1) is 0 Å². The second-order valence-electron chi connectivity index (χ2n) is 8.34. The van der Waals surface area contributed by atoms with Crippen molar-refractivity contribution >= 4 is 10.8 Å². The van der Waals surface area contributed by atoms with Crippen molar-refractivity contribution < 1.29 is 0 Å². The van der Waals surface area contributed by atoms with E-state index in [-0.39, 0.29) is 10.8 Å². The monoisotopic (exact) mass is 300 g/mol. The predicted molar refractivity (Wildman–Crippen MR) is 100 cm³/mol. The summed E-state index contributed by atoms with van der Waals surface area (Å²) in [6, 6.07) is 20.4. The van der Waals surface area contributed by atoms with E-state index in [1.54, 1.807) is 0 Å². The highest BCUT2D eigenvalue weighted by Crippen LogP contribution is 2.51. The molecule has 0 saturated carbocycles. The highest BCUT2D eigenvalue weighted by molar-refractivity contribution is 5.97. The minimum atomic E-state index is 0.0484. The van der Waals surface area contributed by atoms with Crippen LogP contribution in [-0.2, 0) is 10.8 Å². The summed E-state index contributed by atoms with van der Waals surface area (Å²) in [5, 5.41) is 2.73. The number of rotatable bonds is 0. The van der Waals surface area contributed by atoms with E-state index in [4.69, 9.17) is 0 Å². The molecule has 0 saturated heterocycles. The van der Waals surface area contributed by atoms with Gasteiger partial charge >= 0.3 is 0 Å². The molecule has 23 heavy (non-hydrogen) atoms. The van der Waals surface area contributed by atoms with Crippen LogP contribution >= 0.6 is 0 Å². The maximum Gasteiger partial charge on any atom is 0.0165 e. The van der Waals surface area contributed by atoms with Crippen molar-refractivity contribution in [2.75, 3.05) is 0 Å². The van der Waals surface area contributed by atoms with E-state index in [0.29, 0.717) is 0 Å². The van der Waals surface area contributed by atoms with Crippen LogP contribution in [0.5, 0.6) is 0 Å². The Bertz CT molecular complexity index is 920. The van der Waals surface area contributed by atoms with Crippen LogP contribution in [0.15, 0.2) is 54.6 Å². The van der Waals surface area contributed by atoms with Crippen LogP contribution in [0.25, 0.3) is 21.9 Å². The van der Waals surface area contributed by atoms with Gasteiger partial charge in [-0.25, -0.2) is 0 Å². The Hall–Kier alpha value is -2.08. The van der Waals surface area contributed by atoms with Crippen molar-refractivity contribution in [3.8, 4) is 11.1 Å². The zero-order valence-corrected chi connectivity index (χ0v) is 14.7. The first-order chi connectivity index (χ1) is 10.8. The molecule has 0 fully saturated rings. The molecular formula is C23H24. The number of hydrogen-bond donors (Lipinski definition) is 0. The zero-order valence-electron chi connectivity index (χ0n) is 14.7. The Morgan fingerprint density at radius 3 is 2.22 bits per heavy atom. The van der Waals surface area contributed by atoms with Gasteiger partial charge in [0.15, 0.2) is 0 Å². The summed E-state index contributed by atoms with van der Waals surface area (Å²) in [6.07, 6.45) is 0. The number of benzene rings is 3. The van der Waals surface area contributed by atoms with E-state index in [0.717, 1.165) is 0 Å². The SMILES string of the molecule is CC(C)(C)c1ccc2c(c1)C(C)(C)c1c-2ccc2ccccc12. The predicted octanol–water partition coefficient (Wildman–Crippen LogP) is 6.44. The Balaban J connectivity index is 2.05. The molecule has 0 N–H and O–H groups in total. The Morgan fingerprint density at radius 1 is 0.783 bits per heavy atom. The van der Waals surface area contributed by atoms with Gasteiger partial charge in [-0.2, -0.15) is 0 Å². The lowest BCUT2D eigenvalue weighted by Gasteiger charge is -2.26. The first-order valence-electron chi connectivity index (χ1n) is 8.48. The Morgan fingerprint density at radius 2 is 1.48 bits per heavy atom. The van der Waals surface area contributed by atoms with Crippen LogP contribution < -0.4 is 0 Å². The second-order valence-corrected chi connectivity index (χ2v) is 8.34. The summed E-state index contributed by atoms with van der Waals surface area (Å²) in [6.45, 7) is 11.6. The summed E-state index contributed by atoms with van der Waals surface area (Å²) in [5.74, 6) is 0. The molecule has 0 aliphatic heterocycles. The molecule has 0 heteroatoms. The van der Waals surface area contributed by atoms with Crippen LogP contribution in [0.4, 0.5) is 0 Å². The first-order valence-corrected chi connectivity index (χ1v) is 8.48. The number of fused-ring (bicyclic) bond motifs is 5. The third-order valence-corrected chi connectivity index (χ3v) is 5.40. The smallest absolute Gasteiger partial charge is 0.0165 e. The van der Waals surface area contributed by atoms with Crippen molar-refractivity contribution in [3.05, 3.63) is 71.3 Å². The van der Waals surface area contributed by atoms with Gasteiger partial charge < -0.3 is 0 Å². The van der Waals surface area contributed by atoms with Crippen LogP contribution in [0.3, 0.4) is 0 Å². The molecular weight excluding hydrogens is 276 g/mol. The maximum absolute atomic E-state index is 2.43. The van der Waals surface area contributed by atoms with Crippen molar-refractivity contribution in [1.82, 2.24) is 0 Å². The lowest BCUT2D eigenvalue weighted by molar-refractivity contribution is 0.585. The lowest BCUT2D eigenvalue weighted by atomic mass is 9.78. The summed E-state index contributed by atoms with van der Waals surface area (Å²) >= 11 is 0. The van der Waals surface area contributed by atoms with Crippen molar-refractivity contribution in [2.24, 2.45) is 0 Å². The summed E-state index contributed by atoms with van der Waals surface area (Å²) in [5.41, 5.74) is 7.41. The van der Waals surface area contributed by atoms with Crippen LogP contribution in [0.2, 0.25) is 0 Å². The normalized spacial score (nSPS) is 15.5. The molecule has 0 nitrogen and oxygen atoms in total. The maximum atomic E-state index is 2.43. The summed E-state index contributed by atoms with van der Waals surface area (Å²) < 4.78 is 0. The molecule has 0 amide bonds. The average Bonchev–Trinajstić information content (AvgIpc) is 2.74. The van der Waals surface area contributed by atoms with Gasteiger partial charge in [0.05, 0.1) is 0 Å². The fourth-order valence-corrected chi connectivity index (χ4v) is 4.07. The fraction of sp³-hybridized carbons (Fsp3) is 0.304. The minimum Gasteiger partial charge on any atom is -0.0616 e. The molecule has 3 aromatic rings. The van der Waals surface area contributed by atoms with Gasteiger partial charge in [0.1, 0.15) is 0 Å². The van der Waals surface area contributed by atoms with Crippen molar-refractivity contribution in [3.63, 3.8) is 0 Å². The van der Waals surface area contributed by atoms with Gasteiger partial charge in [0.2, 0.25) is 0 Å². The largest absolute Gasteiger partial charge is 0.0616 e. The molecule has 1 aliphatic rings. The molecule has 1 aliphatic carbocycles. The molecule has 0 heterocycles. The van der Waals surface area contributed by atoms with Gasteiger partial charge in [0, 0.05) is 5.41 Å². The third kappa shape index (κ3) is 1.97. The average molecular weight is 300 g/mol. The third-order valence-electron chi connectivity index (χ3n) is 5.40. The van der Waals surface area contributed by atoms with E-state index in [9.17, 15) is 0 Å². The molecule has 0 aromatic heterocycles. The highest BCUT2D eigenvalue weighted by atomic mass is 14.4. The van der Waals surface area contributed by atoms with E-state index >= 15 is 0 Å². The topological polar surface area (TPSA) is 0 Å². The van der Waals surface area contributed by atoms with Crippen LogP contribution in [-0.4, -0.2) is 0 Å². The van der Waals surface area contributed by atoms with Gasteiger partial charge in [-0.05, 0) is 44.0 Å². The van der Waals surface area contributed by atoms with E-state index in [1.165, 1.54) is 38.6 Å². The molecule has 4 rings (SSSR count). The molecule has 0 spiro atoms. The molecule has 3 aromatic carbocycles. The van der Waals surface area contributed by atoms with Gasteiger partial charge in [-0.3, -0.25) is 0 Å². The van der Waals surface area contributed by atoms with Gasteiger partial charge in [0.25, 0.3) is 0 Å². The minimum absolute atomic E-state index is 0.0484. The van der Waals surface area contributed by atoms with Gasteiger partial charge in [-0.1, -0.05) is 89.2 Å². The van der Waals surface area contributed by atoms with Crippen LogP contribution in [0, 0.1) is 0 Å². The van der Waals surface area contributed by atoms with Crippen molar-refractivity contribution in [1.29, 1.82) is 0 Å². The fourth-order valence-electron chi connectivity index (χ4n) is 4.07. The van der Waals surface area contributed by atoms with E-state index < -0.39 is 0 Å². The Labute approximate surface area is 139 Å². The number of hydrogen-bond acceptors (Lipinski definition) is 0. The van der Waals surface area contributed by atoms with Crippen LogP contribution in [0.1, 0.15) is 51.3 Å². The molecule has 0 atom stereocenters. The molecule has 0 bridgehead atoms. The summed E-state index contributed by atoms with van der Waals surface area (Å²) in [4.78, 5) is 0. The first kappa shape index (κ1) is 14.5. The molecule has 116 valence electrons. The zero-order chi connectivity index (χ0) is 16.4. The quantitative estimate of drug-likeness (QED) is 0.448. The standard InChI is InChI=1S/C23H24/c1-22(2,3)16-11-13-18-19-12-10-15-8-6-7-9-17(15)21(19)23(4,5)20(18)14-16/h6-14H,1-5H3. The van der Waals surface area contributed by atoms with E-state index in [1.807, 2.05) is 0 Å². The highest BCUT2D eigenvalue weighted by Gasteiger charge is 2.37. The summed E-state index contributed by atoms with van der Waals surface area (Å²) in [7, 11) is 0.